The first-order valence-corrected chi connectivity index (χ1v) is 10.5. The second-order valence-electron chi connectivity index (χ2n) is 7.25. The Kier molecular flexibility index (Phi) is 9.14. The minimum Gasteiger partial charge on any atom is -0.490 e. The first-order valence-electron chi connectivity index (χ1n) is 10.5. The summed E-state index contributed by atoms with van der Waals surface area (Å²) in [5.74, 6) is 1.64. The van der Waals surface area contributed by atoms with E-state index >= 15 is 0 Å². The molecule has 28 heavy (non-hydrogen) atoms. The Morgan fingerprint density at radius 3 is 2.32 bits per heavy atom. The Hall–Kier alpha value is -2.08. The van der Waals surface area contributed by atoms with Gasteiger partial charge in [0, 0.05) is 0 Å². The number of hydrogen-bond acceptors (Lipinski definition) is 3. The molecular weight excluding hydrogens is 352 g/mol. The van der Waals surface area contributed by atoms with Crippen molar-refractivity contribution >= 4 is 0 Å². The SMILES string of the molecule is c1ccc(COc2ccccc2OCCCC[NH2+]CC[NH+]2CCOCC2)cc1. The van der Waals surface area contributed by atoms with Gasteiger partial charge in [-0.15, -0.1) is 0 Å². The summed E-state index contributed by atoms with van der Waals surface area (Å²) in [6.45, 7) is 9.06. The third kappa shape index (κ3) is 7.50. The lowest BCUT2D eigenvalue weighted by Gasteiger charge is -2.22. The molecule has 0 amide bonds. The van der Waals surface area contributed by atoms with Gasteiger partial charge in [-0.25, -0.2) is 0 Å². The smallest absolute Gasteiger partial charge is 0.161 e. The Labute approximate surface area is 168 Å². The normalized spacial score (nSPS) is 14.7. The van der Waals surface area contributed by atoms with Crippen LogP contribution in [0.5, 0.6) is 11.5 Å². The topological polar surface area (TPSA) is 48.7 Å². The number of ether oxygens (including phenoxy) is 3. The van der Waals surface area contributed by atoms with Gasteiger partial charge in [0.1, 0.15) is 32.8 Å². The van der Waals surface area contributed by atoms with Gasteiger partial charge in [-0.05, 0) is 30.5 Å². The molecule has 3 N–H and O–H groups in total. The van der Waals surface area contributed by atoms with Crippen LogP contribution in [0, 0.1) is 0 Å². The second kappa shape index (κ2) is 12.4. The summed E-state index contributed by atoms with van der Waals surface area (Å²) in [6, 6.07) is 18.1. The van der Waals surface area contributed by atoms with Gasteiger partial charge >= 0.3 is 0 Å². The minimum absolute atomic E-state index is 0.557. The lowest BCUT2D eigenvalue weighted by molar-refractivity contribution is -0.919. The second-order valence-corrected chi connectivity index (χ2v) is 7.25. The average molecular weight is 387 g/mol. The number of para-hydroxylation sites is 2. The number of nitrogens with two attached hydrogens (primary N) is 1. The highest BCUT2D eigenvalue weighted by Crippen LogP contribution is 2.27. The molecule has 0 bridgehead atoms. The average Bonchev–Trinajstić information content (AvgIpc) is 2.76. The van der Waals surface area contributed by atoms with E-state index in [1.54, 1.807) is 4.90 Å². The lowest BCUT2D eigenvalue weighted by atomic mass is 10.2. The summed E-state index contributed by atoms with van der Waals surface area (Å²) in [4.78, 5) is 1.68. The van der Waals surface area contributed by atoms with E-state index < -0.39 is 0 Å². The van der Waals surface area contributed by atoms with Crippen LogP contribution in [0.2, 0.25) is 0 Å². The zero-order valence-electron chi connectivity index (χ0n) is 16.8. The molecule has 3 rings (SSSR count). The first-order chi connectivity index (χ1) is 13.9. The molecule has 0 aliphatic carbocycles. The first kappa shape index (κ1) is 20.6. The molecule has 2 aromatic rings. The quantitative estimate of drug-likeness (QED) is 0.533. The maximum Gasteiger partial charge on any atom is 0.161 e. The number of morpholine rings is 1. The molecule has 0 spiro atoms. The van der Waals surface area contributed by atoms with Crippen LogP contribution in [0.4, 0.5) is 0 Å². The fourth-order valence-corrected chi connectivity index (χ4v) is 3.36. The predicted octanol–water partition coefficient (Wildman–Crippen LogP) is 0.903. The molecule has 152 valence electrons. The van der Waals surface area contributed by atoms with Crippen molar-refractivity contribution in [1.29, 1.82) is 0 Å². The van der Waals surface area contributed by atoms with E-state index in [0.29, 0.717) is 6.61 Å². The number of rotatable bonds is 12. The van der Waals surface area contributed by atoms with Crippen LogP contribution in [0.15, 0.2) is 54.6 Å². The highest BCUT2D eigenvalue weighted by molar-refractivity contribution is 5.39. The van der Waals surface area contributed by atoms with Gasteiger partial charge in [0.15, 0.2) is 11.5 Å². The molecule has 5 nitrogen and oxygen atoms in total. The molecule has 1 aliphatic rings. The van der Waals surface area contributed by atoms with Crippen molar-refractivity contribution < 1.29 is 24.4 Å². The Bertz CT molecular complexity index is 660. The molecule has 0 aromatic heterocycles. The van der Waals surface area contributed by atoms with Gasteiger partial charge in [0.25, 0.3) is 0 Å². The molecule has 1 heterocycles. The number of quaternary nitrogens is 2. The van der Waals surface area contributed by atoms with Gasteiger partial charge in [-0.3, -0.25) is 0 Å². The molecule has 1 saturated heterocycles. The molecule has 0 saturated carbocycles. The Morgan fingerprint density at radius 2 is 1.54 bits per heavy atom. The van der Waals surface area contributed by atoms with Crippen molar-refractivity contribution in [2.45, 2.75) is 19.4 Å². The van der Waals surface area contributed by atoms with Crippen LogP contribution in [0.3, 0.4) is 0 Å². The molecule has 5 heteroatoms. The van der Waals surface area contributed by atoms with Gasteiger partial charge in [0.2, 0.25) is 0 Å². The highest BCUT2D eigenvalue weighted by atomic mass is 16.5. The van der Waals surface area contributed by atoms with Gasteiger partial charge < -0.3 is 24.4 Å². The van der Waals surface area contributed by atoms with Crippen LogP contribution in [0.25, 0.3) is 0 Å². The number of unbranched alkanes of at least 4 members (excludes halogenated alkanes) is 1. The zero-order chi connectivity index (χ0) is 19.3. The van der Waals surface area contributed by atoms with E-state index in [2.05, 4.69) is 17.4 Å². The van der Waals surface area contributed by atoms with Gasteiger partial charge in [0.05, 0.1) is 26.4 Å². The summed E-state index contributed by atoms with van der Waals surface area (Å²) >= 11 is 0. The number of hydrogen-bond donors (Lipinski definition) is 2. The van der Waals surface area contributed by atoms with Crippen LogP contribution in [-0.4, -0.2) is 52.5 Å². The van der Waals surface area contributed by atoms with Crippen molar-refractivity contribution in [3.05, 3.63) is 60.2 Å². The van der Waals surface area contributed by atoms with Gasteiger partial charge in [-0.2, -0.15) is 0 Å². The van der Waals surface area contributed by atoms with Crippen molar-refractivity contribution in [3.8, 4) is 11.5 Å². The van der Waals surface area contributed by atoms with Crippen LogP contribution in [-0.2, 0) is 11.3 Å². The predicted molar refractivity (Wildman–Crippen MR) is 110 cm³/mol. The molecule has 1 aliphatic heterocycles. The van der Waals surface area contributed by atoms with Crippen molar-refractivity contribution in [1.82, 2.24) is 0 Å². The highest BCUT2D eigenvalue weighted by Gasteiger charge is 2.13. The van der Waals surface area contributed by atoms with E-state index in [0.717, 1.165) is 56.4 Å². The van der Waals surface area contributed by atoms with E-state index in [1.807, 2.05) is 42.5 Å². The standard InChI is InChI=1S/C23H32N2O3/c1-2-8-21(9-3-1)20-28-23-11-5-4-10-22(23)27-17-7-6-12-24-13-14-25-15-18-26-19-16-25/h1-5,8-11,24H,6-7,12-20H2/p+2. The molecule has 0 atom stereocenters. The summed E-state index contributed by atoms with van der Waals surface area (Å²) in [5.41, 5.74) is 1.16. The molecule has 2 aromatic carbocycles. The van der Waals surface area contributed by atoms with E-state index in [1.165, 1.54) is 26.1 Å². The zero-order valence-corrected chi connectivity index (χ0v) is 16.8. The lowest BCUT2D eigenvalue weighted by Crippen LogP contribution is -3.16. The van der Waals surface area contributed by atoms with Crippen molar-refractivity contribution in [3.63, 3.8) is 0 Å². The minimum atomic E-state index is 0.557. The van der Waals surface area contributed by atoms with E-state index in [4.69, 9.17) is 14.2 Å². The maximum atomic E-state index is 5.97. The maximum absolute atomic E-state index is 5.97. The Morgan fingerprint density at radius 1 is 0.821 bits per heavy atom. The number of nitrogens with one attached hydrogen (secondary N) is 1. The summed E-state index contributed by atoms with van der Waals surface area (Å²) < 4.78 is 17.3. The summed E-state index contributed by atoms with van der Waals surface area (Å²) in [5, 5.41) is 2.43. The van der Waals surface area contributed by atoms with Crippen LogP contribution < -0.4 is 19.7 Å². The van der Waals surface area contributed by atoms with Gasteiger partial charge in [-0.1, -0.05) is 42.5 Å². The molecule has 1 fully saturated rings. The van der Waals surface area contributed by atoms with Crippen molar-refractivity contribution in [2.75, 3.05) is 52.5 Å². The van der Waals surface area contributed by atoms with E-state index in [-0.39, 0.29) is 0 Å². The van der Waals surface area contributed by atoms with E-state index in [9.17, 15) is 0 Å². The third-order valence-corrected chi connectivity index (χ3v) is 5.05. The van der Waals surface area contributed by atoms with Crippen LogP contribution >= 0.6 is 0 Å². The fraction of sp³-hybridized carbons (Fsp3) is 0.478. The molecular formula is C23H34N2O3+2. The summed E-state index contributed by atoms with van der Waals surface area (Å²) in [7, 11) is 0. The third-order valence-electron chi connectivity index (χ3n) is 5.05. The number of benzene rings is 2. The summed E-state index contributed by atoms with van der Waals surface area (Å²) in [6.07, 6.45) is 2.24. The largest absolute Gasteiger partial charge is 0.490 e. The monoisotopic (exact) mass is 386 g/mol. The van der Waals surface area contributed by atoms with Crippen molar-refractivity contribution in [2.24, 2.45) is 0 Å². The molecule has 0 radical (unpaired) electrons. The fourth-order valence-electron chi connectivity index (χ4n) is 3.36. The van der Waals surface area contributed by atoms with Crippen LogP contribution in [0.1, 0.15) is 18.4 Å². The Balaban J connectivity index is 1.27. The molecule has 0 unspecified atom stereocenters.